The van der Waals surface area contributed by atoms with Crippen molar-refractivity contribution in [2.24, 2.45) is 0 Å². The fourth-order valence-corrected chi connectivity index (χ4v) is 1.37. The highest BCUT2D eigenvalue weighted by Gasteiger charge is 2.08. The predicted octanol–water partition coefficient (Wildman–Crippen LogP) is 0.605. The molecule has 1 heterocycles. The summed E-state index contributed by atoms with van der Waals surface area (Å²) in [7, 11) is 4.08. The monoisotopic (exact) mass is 254 g/mol. The zero-order valence-electron chi connectivity index (χ0n) is 11.5. The Morgan fingerprint density at radius 2 is 2.06 bits per heavy atom. The fraction of sp³-hybridized carbons (Fsp3) is 0.727. The van der Waals surface area contributed by atoms with Gasteiger partial charge in [0.15, 0.2) is 0 Å². The van der Waals surface area contributed by atoms with Gasteiger partial charge in [-0.2, -0.15) is 15.0 Å². The van der Waals surface area contributed by atoms with Crippen LogP contribution in [0, 0.1) is 0 Å². The zero-order chi connectivity index (χ0) is 13.5. The zero-order valence-corrected chi connectivity index (χ0v) is 11.5. The molecule has 7 heteroatoms. The molecule has 1 aromatic heterocycles. The first-order valence-corrected chi connectivity index (χ1v) is 6.07. The van der Waals surface area contributed by atoms with Gasteiger partial charge in [0.2, 0.25) is 11.9 Å². The third-order valence-electron chi connectivity index (χ3n) is 2.29. The summed E-state index contributed by atoms with van der Waals surface area (Å²) in [6.07, 6.45) is 0.989. The largest absolute Gasteiger partial charge is 0.464 e. The maximum absolute atomic E-state index is 5.60. The van der Waals surface area contributed by atoms with E-state index in [1.54, 1.807) is 0 Å². The maximum atomic E-state index is 5.60. The molecule has 18 heavy (non-hydrogen) atoms. The summed E-state index contributed by atoms with van der Waals surface area (Å²) in [6.45, 7) is 5.43. The van der Waals surface area contributed by atoms with E-state index >= 15 is 0 Å². The standard InChI is InChI=1S/C11H22N6O/c1-5-18-11-15-9(12)14-10(16-11)13-8(2)6-7-17(3)4/h8H,5-7H2,1-4H3,(H3,12,13,14,15,16). The van der Waals surface area contributed by atoms with Crippen molar-refractivity contribution in [2.45, 2.75) is 26.3 Å². The van der Waals surface area contributed by atoms with Crippen LogP contribution in [0.25, 0.3) is 0 Å². The molecule has 0 aliphatic rings. The van der Waals surface area contributed by atoms with E-state index in [0.717, 1.165) is 13.0 Å². The molecular weight excluding hydrogens is 232 g/mol. The number of ether oxygens (including phenoxy) is 1. The van der Waals surface area contributed by atoms with Gasteiger partial charge in [0, 0.05) is 6.04 Å². The van der Waals surface area contributed by atoms with Crippen LogP contribution in [-0.4, -0.2) is 53.1 Å². The Morgan fingerprint density at radius 1 is 1.33 bits per heavy atom. The first kappa shape index (κ1) is 14.4. The quantitative estimate of drug-likeness (QED) is 0.736. The smallest absolute Gasteiger partial charge is 0.323 e. The molecule has 102 valence electrons. The molecule has 0 bridgehead atoms. The van der Waals surface area contributed by atoms with Crippen LogP contribution in [-0.2, 0) is 0 Å². The summed E-state index contributed by atoms with van der Waals surface area (Å²) in [4.78, 5) is 14.2. The summed E-state index contributed by atoms with van der Waals surface area (Å²) in [5.74, 6) is 0.618. The summed E-state index contributed by atoms with van der Waals surface area (Å²) in [5.41, 5.74) is 5.60. The van der Waals surface area contributed by atoms with Crippen molar-refractivity contribution in [3.05, 3.63) is 0 Å². The van der Waals surface area contributed by atoms with Crippen LogP contribution in [0.5, 0.6) is 6.01 Å². The average Bonchev–Trinajstić information content (AvgIpc) is 2.26. The normalized spacial score (nSPS) is 12.5. The highest BCUT2D eigenvalue weighted by Crippen LogP contribution is 2.10. The van der Waals surface area contributed by atoms with Gasteiger partial charge in [-0.15, -0.1) is 0 Å². The minimum atomic E-state index is 0.163. The van der Waals surface area contributed by atoms with Gasteiger partial charge >= 0.3 is 6.01 Å². The molecule has 3 N–H and O–H groups in total. The van der Waals surface area contributed by atoms with E-state index in [2.05, 4.69) is 32.1 Å². The summed E-state index contributed by atoms with van der Waals surface area (Å²) >= 11 is 0. The molecule has 0 saturated heterocycles. The van der Waals surface area contributed by atoms with Crippen LogP contribution in [0.4, 0.5) is 11.9 Å². The van der Waals surface area contributed by atoms with Crippen molar-refractivity contribution in [1.29, 1.82) is 0 Å². The van der Waals surface area contributed by atoms with Crippen LogP contribution in [0.1, 0.15) is 20.3 Å². The first-order valence-electron chi connectivity index (χ1n) is 6.07. The number of rotatable bonds is 7. The number of hydrogen-bond acceptors (Lipinski definition) is 7. The Kier molecular flexibility index (Phi) is 5.57. The van der Waals surface area contributed by atoms with Crippen LogP contribution >= 0.6 is 0 Å². The van der Waals surface area contributed by atoms with Crippen LogP contribution in [0.2, 0.25) is 0 Å². The van der Waals surface area contributed by atoms with Gasteiger partial charge in [-0.3, -0.25) is 0 Å². The van der Waals surface area contributed by atoms with Crippen molar-refractivity contribution in [2.75, 3.05) is 38.3 Å². The SMILES string of the molecule is CCOc1nc(N)nc(NC(C)CCN(C)C)n1. The Morgan fingerprint density at radius 3 is 2.67 bits per heavy atom. The van der Waals surface area contributed by atoms with Gasteiger partial charge in [0.1, 0.15) is 0 Å². The summed E-state index contributed by atoms with van der Waals surface area (Å²) < 4.78 is 5.22. The average molecular weight is 254 g/mol. The van der Waals surface area contributed by atoms with Crippen LogP contribution < -0.4 is 15.8 Å². The van der Waals surface area contributed by atoms with Crippen molar-refractivity contribution >= 4 is 11.9 Å². The van der Waals surface area contributed by atoms with Gasteiger partial charge in [0.05, 0.1) is 6.61 Å². The molecule has 1 aromatic rings. The van der Waals surface area contributed by atoms with Crippen molar-refractivity contribution in [1.82, 2.24) is 19.9 Å². The number of anilines is 2. The molecule has 1 atom stereocenters. The summed E-state index contributed by atoms with van der Waals surface area (Å²) in [5, 5.41) is 3.19. The minimum absolute atomic E-state index is 0.163. The molecule has 0 aromatic carbocycles. The lowest BCUT2D eigenvalue weighted by atomic mass is 10.2. The van der Waals surface area contributed by atoms with Crippen molar-refractivity contribution in [3.63, 3.8) is 0 Å². The molecule has 0 spiro atoms. The lowest BCUT2D eigenvalue weighted by Gasteiger charge is -2.16. The molecule has 0 aliphatic carbocycles. The van der Waals surface area contributed by atoms with Gasteiger partial charge in [-0.05, 0) is 40.9 Å². The Balaban J connectivity index is 2.60. The maximum Gasteiger partial charge on any atom is 0.323 e. The van der Waals surface area contributed by atoms with Gasteiger partial charge < -0.3 is 20.7 Å². The predicted molar refractivity (Wildman–Crippen MR) is 71.7 cm³/mol. The van der Waals surface area contributed by atoms with E-state index < -0.39 is 0 Å². The highest BCUT2D eigenvalue weighted by molar-refractivity contribution is 5.33. The Hall–Kier alpha value is -1.63. The van der Waals surface area contributed by atoms with Gasteiger partial charge in [-0.1, -0.05) is 0 Å². The molecule has 0 radical (unpaired) electrons. The van der Waals surface area contributed by atoms with Crippen molar-refractivity contribution < 1.29 is 4.74 Å². The molecule has 0 aliphatic heterocycles. The van der Waals surface area contributed by atoms with Gasteiger partial charge in [0.25, 0.3) is 0 Å². The second kappa shape index (κ2) is 6.95. The van der Waals surface area contributed by atoms with Crippen LogP contribution in [0.3, 0.4) is 0 Å². The molecule has 0 fully saturated rings. The number of nitrogens with one attached hydrogen (secondary N) is 1. The molecular formula is C11H22N6O. The Labute approximate surface area is 108 Å². The number of aromatic nitrogens is 3. The molecule has 7 nitrogen and oxygen atoms in total. The van der Waals surface area contributed by atoms with Crippen LogP contribution in [0.15, 0.2) is 0 Å². The highest BCUT2D eigenvalue weighted by atomic mass is 16.5. The number of nitrogen functional groups attached to an aromatic ring is 1. The van der Waals surface area contributed by atoms with E-state index in [9.17, 15) is 0 Å². The molecule has 1 rings (SSSR count). The second-order valence-electron chi connectivity index (χ2n) is 4.37. The van der Waals surface area contributed by atoms with E-state index in [-0.39, 0.29) is 18.0 Å². The lowest BCUT2D eigenvalue weighted by molar-refractivity contribution is 0.312. The number of hydrogen-bond donors (Lipinski definition) is 2. The van der Waals surface area contributed by atoms with Crippen molar-refractivity contribution in [3.8, 4) is 6.01 Å². The Bertz CT molecular complexity index is 371. The van der Waals surface area contributed by atoms with E-state index in [4.69, 9.17) is 10.5 Å². The fourth-order valence-electron chi connectivity index (χ4n) is 1.37. The number of nitrogens with zero attached hydrogens (tertiary/aromatic N) is 4. The lowest BCUT2D eigenvalue weighted by Crippen LogP contribution is -2.24. The van der Waals surface area contributed by atoms with E-state index in [1.165, 1.54) is 0 Å². The number of nitrogens with two attached hydrogens (primary N) is 1. The summed E-state index contributed by atoms with van der Waals surface area (Å²) in [6, 6.07) is 0.510. The molecule has 0 amide bonds. The molecule has 1 unspecified atom stereocenters. The third-order valence-corrected chi connectivity index (χ3v) is 2.29. The minimum Gasteiger partial charge on any atom is -0.464 e. The van der Waals surface area contributed by atoms with E-state index in [1.807, 2.05) is 21.0 Å². The third kappa shape index (κ3) is 5.13. The second-order valence-corrected chi connectivity index (χ2v) is 4.37. The molecule has 0 saturated carbocycles. The van der Waals surface area contributed by atoms with Gasteiger partial charge in [-0.25, -0.2) is 0 Å². The van der Waals surface area contributed by atoms with E-state index in [0.29, 0.717) is 12.6 Å². The topological polar surface area (TPSA) is 89.2 Å². The first-order chi connectivity index (χ1) is 8.51.